The first kappa shape index (κ1) is 24.8. The lowest BCUT2D eigenvalue weighted by Gasteiger charge is -2.25. The van der Waals surface area contributed by atoms with Crippen LogP contribution >= 0.6 is 0 Å². The zero-order valence-electron chi connectivity index (χ0n) is 21.0. The number of aromatic nitrogens is 2. The summed E-state index contributed by atoms with van der Waals surface area (Å²) in [5.41, 5.74) is 5.96. The SMILES string of the molecule is Cc1nc(Nc2ccc3[nH]ccc3c2C)c(C#N)cc1C=Cc1ccc(S(=O)(=O)N2CCCCC2)cc1. The summed E-state index contributed by atoms with van der Waals surface area (Å²) in [6.07, 6.45) is 8.62. The molecule has 37 heavy (non-hydrogen) atoms. The fraction of sp³-hybridized carbons (Fsp3) is 0.241. The average Bonchev–Trinajstić information content (AvgIpc) is 3.40. The van der Waals surface area contributed by atoms with E-state index in [1.807, 2.05) is 56.5 Å². The van der Waals surface area contributed by atoms with Gasteiger partial charge in [0.1, 0.15) is 11.9 Å². The molecule has 0 radical (unpaired) electrons. The molecule has 0 spiro atoms. The standard InChI is InChI=1S/C29H29N5O2S/c1-20-26-14-15-31-28(26)13-12-27(20)33-29-24(19-30)18-23(21(2)32-29)9-6-22-7-10-25(11-8-22)37(35,36)34-16-4-3-5-17-34/h6-15,18,31H,3-5,16-17H2,1-2H3,(H,32,33). The van der Waals surface area contributed by atoms with Gasteiger partial charge >= 0.3 is 0 Å². The van der Waals surface area contributed by atoms with Gasteiger partial charge in [0.2, 0.25) is 10.0 Å². The van der Waals surface area contributed by atoms with E-state index in [0.717, 1.165) is 58.2 Å². The molecule has 1 saturated heterocycles. The van der Waals surface area contributed by atoms with Crippen molar-refractivity contribution in [1.29, 1.82) is 5.26 Å². The zero-order chi connectivity index (χ0) is 26.0. The minimum atomic E-state index is -3.45. The third-order valence-corrected chi connectivity index (χ3v) is 8.83. The summed E-state index contributed by atoms with van der Waals surface area (Å²) in [6, 6.07) is 17.0. The van der Waals surface area contributed by atoms with Crippen LogP contribution in [0.15, 0.2) is 59.6 Å². The number of sulfonamides is 1. The van der Waals surface area contributed by atoms with Crippen LogP contribution in [-0.4, -0.2) is 35.8 Å². The van der Waals surface area contributed by atoms with Gasteiger partial charge in [-0.25, -0.2) is 13.4 Å². The van der Waals surface area contributed by atoms with Crippen molar-refractivity contribution < 1.29 is 8.42 Å². The van der Waals surface area contributed by atoms with Crippen molar-refractivity contribution in [2.24, 2.45) is 0 Å². The number of hydrogen-bond acceptors (Lipinski definition) is 5. The summed E-state index contributed by atoms with van der Waals surface area (Å²) in [5, 5.41) is 14.2. The smallest absolute Gasteiger partial charge is 0.243 e. The van der Waals surface area contributed by atoms with Gasteiger partial charge in [0.05, 0.1) is 10.5 Å². The van der Waals surface area contributed by atoms with E-state index < -0.39 is 10.0 Å². The van der Waals surface area contributed by atoms with Crippen LogP contribution in [0.25, 0.3) is 23.1 Å². The lowest BCUT2D eigenvalue weighted by Crippen LogP contribution is -2.35. The maximum Gasteiger partial charge on any atom is 0.243 e. The molecule has 8 heteroatoms. The van der Waals surface area contributed by atoms with Gasteiger partial charge in [-0.2, -0.15) is 9.57 Å². The highest BCUT2D eigenvalue weighted by molar-refractivity contribution is 7.89. The first-order valence-corrected chi connectivity index (χ1v) is 13.8. The van der Waals surface area contributed by atoms with Crippen molar-refractivity contribution in [3.8, 4) is 6.07 Å². The van der Waals surface area contributed by atoms with Gasteiger partial charge in [0.15, 0.2) is 0 Å². The predicted molar refractivity (Wildman–Crippen MR) is 148 cm³/mol. The first-order chi connectivity index (χ1) is 17.9. The molecule has 2 aromatic heterocycles. The second-order valence-electron chi connectivity index (χ2n) is 9.34. The number of hydrogen-bond donors (Lipinski definition) is 2. The van der Waals surface area contributed by atoms with Crippen LogP contribution in [0.4, 0.5) is 11.5 Å². The zero-order valence-corrected chi connectivity index (χ0v) is 21.8. The Balaban J connectivity index is 1.36. The second-order valence-corrected chi connectivity index (χ2v) is 11.3. The van der Waals surface area contributed by atoms with Crippen LogP contribution in [0.2, 0.25) is 0 Å². The van der Waals surface area contributed by atoms with Crippen molar-refractivity contribution in [3.05, 3.63) is 82.7 Å². The van der Waals surface area contributed by atoms with Gasteiger partial charge in [-0.15, -0.1) is 0 Å². The van der Waals surface area contributed by atoms with Crippen molar-refractivity contribution in [2.45, 2.75) is 38.0 Å². The van der Waals surface area contributed by atoms with Crippen LogP contribution in [0.1, 0.15) is 47.2 Å². The molecule has 2 aromatic carbocycles. The fourth-order valence-corrected chi connectivity index (χ4v) is 6.23. The Bertz CT molecular complexity index is 1620. The molecule has 0 bridgehead atoms. The van der Waals surface area contributed by atoms with Gasteiger partial charge in [-0.1, -0.05) is 30.7 Å². The molecule has 1 aliphatic heterocycles. The minimum Gasteiger partial charge on any atom is -0.361 e. The van der Waals surface area contributed by atoms with E-state index in [0.29, 0.717) is 29.4 Å². The molecule has 1 aliphatic rings. The number of benzene rings is 2. The fourth-order valence-electron chi connectivity index (χ4n) is 4.71. The number of H-pyrrole nitrogens is 1. The molecular formula is C29H29N5O2S. The van der Waals surface area contributed by atoms with Crippen molar-refractivity contribution in [1.82, 2.24) is 14.3 Å². The predicted octanol–water partition coefficient (Wildman–Crippen LogP) is 6.14. The molecule has 4 aromatic rings. The van der Waals surface area contributed by atoms with E-state index >= 15 is 0 Å². The Morgan fingerprint density at radius 1 is 1.03 bits per heavy atom. The first-order valence-electron chi connectivity index (χ1n) is 12.4. The van der Waals surface area contributed by atoms with Crippen LogP contribution < -0.4 is 5.32 Å². The number of aryl methyl sites for hydroxylation is 2. The Hall–Kier alpha value is -3.93. The van der Waals surface area contributed by atoms with E-state index in [2.05, 4.69) is 21.4 Å². The number of anilines is 2. The minimum absolute atomic E-state index is 0.319. The molecule has 188 valence electrons. The van der Waals surface area contributed by atoms with Crippen LogP contribution in [0.3, 0.4) is 0 Å². The monoisotopic (exact) mass is 511 g/mol. The van der Waals surface area contributed by atoms with E-state index in [1.165, 1.54) is 0 Å². The van der Waals surface area contributed by atoms with E-state index in [4.69, 9.17) is 0 Å². The summed E-state index contributed by atoms with van der Waals surface area (Å²) >= 11 is 0. The summed E-state index contributed by atoms with van der Waals surface area (Å²) in [4.78, 5) is 8.21. The van der Waals surface area contributed by atoms with Gasteiger partial charge in [-0.3, -0.25) is 0 Å². The summed E-state index contributed by atoms with van der Waals surface area (Å²) in [7, 11) is -3.45. The number of rotatable bonds is 6. The maximum atomic E-state index is 12.9. The number of fused-ring (bicyclic) bond motifs is 1. The molecule has 0 saturated carbocycles. The number of nitriles is 1. The number of nitrogens with one attached hydrogen (secondary N) is 2. The van der Waals surface area contributed by atoms with Crippen molar-refractivity contribution in [2.75, 3.05) is 18.4 Å². The maximum absolute atomic E-state index is 12.9. The third kappa shape index (κ3) is 5.01. The molecule has 0 unspecified atom stereocenters. The number of pyridine rings is 1. The quantitative estimate of drug-likeness (QED) is 0.324. The highest BCUT2D eigenvalue weighted by atomic mass is 32.2. The van der Waals surface area contributed by atoms with Gasteiger partial charge < -0.3 is 10.3 Å². The van der Waals surface area contributed by atoms with Crippen LogP contribution in [-0.2, 0) is 10.0 Å². The van der Waals surface area contributed by atoms with Crippen LogP contribution in [0.5, 0.6) is 0 Å². The topological polar surface area (TPSA) is 102 Å². The largest absolute Gasteiger partial charge is 0.361 e. The lowest BCUT2D eigenvalue weighted by molar-refractivity contribution is 0.346. The highest BCUT2D eigenvalue weighted by Crippen LogP contribution is 2.29. The second kappa shape index (κ2) is 10.2. The van der Waals surface area contributed by atoms with E-state index in [1.54, 1.807) is 28.6 Å². The number of nitrogens with zero attached hydrogens (tertiary/aromatic N) is 3. The summed E-state index contributed by atoms with van der Waals surface area (Å²) < 4.78 is 27.4. The molecule has 1 fully saturated rings. The van der Waals surface area contributed by atoms with E-state index in [-0.39, 0.29) is 0 Å². The van der Waals surface area contributed by atoms with Gasteiger partial charge in [-0.05, 0) is 79.8 Å². The van der Waals surface area contributed by atoms with Gasteiger partial charge in [0, 0.05) is 41.6 Å². The molecule has 2 N–H and O–H groups in total. The Morgan fingerprint density at radius 3 is 2.51 bits per heavy atom. The summed E-state index contributed by atoms with van der Waals surface area (Å²) in [6.45, 7) is 5.12. The van der Waals surface area contributed by atoms with E-state index in [9.17, 15) is 13.7 Å². The Morgan fingerprint density at radius 2 is 1.78 bits per heavy atom. The van der Waals surface area contributed by atoms with Crippen molar-refractivity contribution >= 4 is 44.6 Å². The molecule has 5 rings (SSSR count). The highest BCUT2D eigenvalue weighted by Gasteiger charge is 2.25. The lowest BCUT2D eigenvalue weighted by atomic mass is 10.1. The average molecular weight is 512 g/mol. The molecule has 0 atom stereocenters. The Labute approximate surface area is 217 Å². The summed E-state index contributed by atoms with van der Waals surface area (Å²) in [5.74, 6) is 0.516. The Kier molecular flexibility index (Phi) is 6.83. The number of piperidine rings is 1. The van der Waals surface area contributed by atoms with Crippen molar-refractivity contribution in [3.63, 3.8) is 0 Å². The molecule has 0 aliphatic carbocycles. The van der Waals surface area contributed by atoms with Crippen LogP contribution in [0, 0.1) is 25.2 Å². The molecular weight excluding hydrogens is 482 g/mol. The molecule has 7 nitrogen and oxygen atoms in total. The molecule has 0 amide bonds. The van der Waals surface area contributed by atoms with Gasteiger partial charge in [0.25, 0.3) is 0 Å². The third-order valence-electron chi connectivity index (χ3n) is 6.92. The molecule has 3 heterocycles. The normalized spacial score (nSPS) is 14.7. The number of aromatic amines is 1.